The van der Waals surface area contributed by atoms with Crippen LogP contribution >= 0.6 is 0 Å². The Hall–Kier alpha value is -1.39. The molecule has 1 aromatic heterocycles. The molecule has 0 spiro atoms. The van der Waals surface area contributed by atoms with Crippen molar-refractivity contribution in [2.75, 3.05) is 0 Å². The van der Waals surface area contributed by atoms with Crippen LogP contribution < -0.4 is 5.73 Å². The van der Waals surface area contributed by atoms with Crippen molar-refractivity contribution in [1.82, 2.24) is 14.8 Å². The Morgan fingerprint density at radius 1 is 1.57 bits per heavy atom. The summed E-state index contributed by atoms with van der Waals surface area (Å²) in [6, 6.07) is -0.224. The second-order valence-electron chi connectivity index (χ2n) is 4.43. The van der Waals surface area contributed by atoms with Gasteiger partial charge in [-0.1, -0.05) is 20.8 Å². The van der Waals surface area contributed by atoms with Crippen LogP contribution in [-0.4, -0.2) is 20.6 Å². The summed E-state index contributed by atoms with van der Waals surface area (Å²) >= 11 is 0. The maximum Gasteiger partial charge on any atom is 0.155 e. The highest BCUT2D eigenvalue weighted by Crippen LogP contribution is 2.17. The summed E-state index contributed by atoms with van der Waals surface area (Å²) in [5.41, 5.74) is 5.31. The summed E-state index contributed by atoms with van der Waals surface area (Å²) in [7, 11) is 0. The quantitative estimate of drug-likeness (QED) is 0.547. The van der Waals surface area contributed by atoms with Gasteiger partial charge in [-0.3, -0.25) is 5.41 Å². The Labute approximate surface area is 83.8 Å². The lowest BCUT2D eigenvalue weighted by atomic mass is 9.96. The second kappa shape index (κ2) is 3.40. The Morgan fingerprint density at radius 3 is 2.50 bits per heavy atom. The minimum absolute atomic E-state index is 0.0677. The van der Waals surface area contributed by atoms with Crippen molar-refractivity contribution in [2.24, 2.45) is 5.73 Å². The molecule has 78 valence electrons. The van der Waals surface area contributed by atoms with E-state index in [1.165, 1.54) is 0 Å². The molecular formula is C9H17N5. The van der Waals surface area contributed by atoms with Gasteiger partial charge in [0.1, 0.15) is 18.2 Å². The molecule has 0 aromatic carbocycles. The van der Waals surface area contributed by atoms with E-state index in [-0.39, 0.29) is 17.3 Å². The van der Waals surface area contributed by atoms with Gasteiger partial charge in [-0.25, -0.2) is 9.67 Å². The molecule has 0 bridgehead atoms. The van der Waals surface area contributed by atoms with Crippen molar-refractivity contribution < 1.29 is 0 Å². The van der Waals surface area contributed by atoms with Crippen LogP contribution in [-0.2, 0) is 5.41 Å². The molecule has 0 aliphatic rings. The van der Waals surface area contributed by atoms with Gasteiger partial charge in [0.25, 0.3) is 0 Å². The normalized spacial score (nSPS) is 14.0. The molecule has 0 amide bonds. The monoisotopic (exact) mass is 195 g/mol. The van der Waals surface area contributed by atoms with E-state index in [1.54, 1.807) is 11.0 Å². The first-order valence-electron chi connectivity index (χ1n) is 4.58. The minimum Gasteiger partial charge on any atom is -0.386 e. The first-order valence-corrected chi connectivity index (χ1v) is 4.58. The fourth-order valence-corrected chi connectivity index (χ4v) is 0.948. The van der Waals surface area contributed by atoms with Gasteiger partial charge in [0.05, 0.1) is 0 Å². The number of hydrogen-bond donors (Lipinski definition) is 2. The molecule has 0 radical (unpaired) electrons. The van der Waals surface area contributed by atoms with Crippen LogP contribution in [0, 0.1) is 5.41 Å². The molecule has 5 heteroatoms. The van der Waals surface area contributed by atoms with E-state index >= 15 is 0 Å². The summed E-state index contributed by atoms with van der Waals surface area (Å²) in [6.45, 7) is 7.96. The molecule has 1 aromatic rings. The van der Waals surface area contributed by atoms with Gasteiger partial charge < -0.3 is 5.73 Å². The number of nitrogens with one attached hydrogen (secondary N) is 1. The van der Waals surface area contributed by atoms with Crippen LogP contribution in [0.25, 0.3) is 0 Å². The fraction of sp³-hybridized carbons (Fsp3) is 0.667. The van der Waals surface area contributed by atoms with E-state index < -0.39 is 0 Å². The third kappa shape index (κ3) is 2.10. The van der Waals surface area contributed by atoms with Gasteiger partial charge in [-0.05, 0) is 6.92 Å². The van der Waals surface area contributed by atoms with Gasteiger partial charge >= 0.3 is 0 Å². The van der Waals surface area contributed by atoms with Crippen LogP contribution in [0.2, 0.25) is 0 Å². The van der Waals surface area contributed by atoms with Crippen molar-refractivity contribution in [2.45, 2.75) is 39.2 Å². The smallest absolute Gasteiger partial charge is 0.155 e. The Bertz CT molecular complexity index is 333. The Balaban J connectivity index is 2.94. The molecule has 1 rings (SSSR count). The molecular weight excluding hydrogens is 178 g/mol. The maximum absolute atomic E-state index is 7.29. The van der Waals surface area contributed by atoms with Crippen LogP contribution in [0.15, 0.2) is 6.33 Å². The average molecular weight is 195 g/mol. The number of aromatic nitrogens is 3. The lowest BCUT2D eigenvalue weighted by Gasteiger charge is -2.13. The standard InChI is InChI=1S/C9H17N5/c1-6(7(10)11)14-5-12-8(13-14)9(2,3)4/h5-6H,1-4H3,(H3,10,11). The van der Waals surface area contributed by atoms with Gasteiger partial charge in [0.15, 0.2) is 5.82 Å². The topological polar surface area (TPSA) is 80.6 Å². The molecule has 0 saturated carbocycles. The van der Waals surface area contributed by atoms with E-state index in [0.29, 0.717) is 0 Å². The largest absolute Gasteiger partial charge is 0.386 e. The van der Waals surface area contributed by atoms with Crippen molar-refractivity contribution in [1.29, 1.82) is 5.41 Å². The van der Waals surface area contributed by atoms with E-state index in [4.69, 9.17) is 11.1 Å². The van der Waals surface area contributed by atoms with Crippen molar-refractivity contribution in [3.63, 3.8) is 0 Å². The highest BCUT2D eigenvalue weighted by atomic mass is 15.4. The SMILES string of the molecule is CC(C(=N)N)n1cnc(C(C)(C)C)n1. The zero-order valence-electron chi connectivity index (χ0n) is 9.07. The van der Waals surface area contributed by atoms with Gasteiger partial charge in [-0.15, -0.1) is 0 Å². The van der Waals surface area contributed by atoms with Crippen LogP contribution in [0.5, 0.6) is 0 Å². The van der Waals surface area contributed by atoms with Crippen LogP contribution in [0.4, 0.5) is 0 Å². The number of rotatable bonds is 2. The minimum atomic E-state index is -0.224. The fourth-order valence-electron chi connectivity index (χ4n) is 0.948. The van der Waals surface area contributed by atoms with Gasteiger partial charge in [0, 0.05) is 5.41 Å². The lowest BCUT2D eigenvalue weighted by Crippen LogP contribution is -2.24. The summed E-state index contributed by atoms with van der Waals surface area (Å²) < 4.78 is 1.61. The molecule has 0 saturated heterocycles. The summed E-state index contributed by atoms with van der Waals surface area (Å²) in [5.74, 6) is 0.862. The summed E-state index contributed by atoms with van der Waals surface area (Å²) in [6.07, 6.45) is 1.62. The van der Waals surface area contributed by atoms with Gasteiger partial charge in [0.2, 0.25) is 0 Å². The molecule has 0 aliphatic carbocycles. The Kier molecular flexibility index (Phi) is 2.59. The first-order chi connectivity index (χ1) is 6.32. The van der Waals surface area contributed by atoms with Crippen molar-refractivity contribution in [3.05, 3.63) is 12.2 Å². The zero-order chi connectivity index (χ0) is 10.9. The summed E-state index contributed by atoms with van der Waals surface area (Å²) in [4.78, 5) is 4.19. The molecule has 1 heterocycles. The predicted molar refractivity (Wildman–Crippen MR) is 55.3 cm³/mol. The lowest BCUT2D eigenvalue weighted by molar-refractivity contribution is 0.520. The molecule has 1 unspecified atom stereocenters. The summed E-state index contributed by atoms with van der Waals surface area (Å²) in [5, 5.41) is 11.6. The zero-order valence-corrected chi connectivity index (χ0v) is 9.07. The Morgan fingerprint density at radius 2 is 2.14 bits per heavy atom. The number of amidine groups is 1. The second-order valence-corrected chi connectivity index (χ2v) is 4.43. The molecule has 3 N–H and O–H groups in total. The molecule has 0 aliphatic heterocycles. The average Bonchev–Trinajstić information content (AvgIpc) is 2.49. The molecule has 0 fully saturated rings. The van der Waals surface area contributed by atoms with E-state index in [9.17, 15) is 0 Å². The molecule has 5 nitrogen and oxygen atoms in total. The predicted octanol–water partition coefficient (Wildman–Crippen LogP) is 1.07. The van der Waals surface area contributed by atoms with Crippen molar-refractivity contribution in [3.8, 4) is 0 Å². The third-order valence-electron chi connectivity index (χ3n) is 2.03. The highest BCUT2D eigenvalue weighted by Gasteiger charge is 2.20. The number of nitrogens with zero attached hydrogens (tertiary/aromatic N) is 3. The maximum atomic E-state index is 7.29. The van der Waals surface area contributed by atoms with E-state index in [1.807, 2.05) is 27.7 Å². The van der Waals surface area contributed by atoms with Gasteiger partial charge in [-0.2, -0.15) is 5.10 Å². The van der Waals surface area contributed by atoms with Crippen LogP contribution in [0.1, 0.15) is 39.6 Å². The van der Waals surface area contributed by atoms with Crippen LogP contribution in [0.3, 0.4) is 0 Å². The van der Waals surface area contributed by atoms with Crippen molar-refractivity contribution >= 4 is 5.84 Å². The molecule has 14 heavy (non-hydrogen) atoms. The van der Waals surface area contributed by atoms with E-state index in [0.717, 1.165) is 5.82 Å². The molecule has 1 atom stereocenters. The highest BCUT2D eigenvalue weighted by molar-refractivity contribution is 5.80. The number of nitrogens with two attached hydrogens (primary N) is 1. The first kappa shape index (κ1) is 10.7. The number of hydrogen-bond acceptors (Lipinski definition) is 3. The van der Waals surface area contributed by atoms with E-state index in [2.05, 4.69) is 10.1 Å². The third-order valence-corrected chi connectivity index (χ3v) is 2.03.